The minimum atomic E-state index is 0.00454. The van der Waals surface area contributed by atoms with Gasteiger partial charge in [-0.25, -0.2) is 0 Å². The Bertz CT molecular complexity index is 1070. The zero-order chi connectivity index (χ0) is 22.8. The molecule has 0 radical (unpaired) electrons. The molecular formula is C27H32N4O2. The van der Waals surface area contributed by atoms with Crippen LogP contribution in [0.25, 0.3) is 0 Å². The van der Waals surface area contributed by atoms with Gasteiger partial charge in [0.25, 0.3) is 5.91 Å². The second kappa shape index (κ2) is 9.49. The fourth-order valence-corrected chi connectivity index (χ4v) is 5.52. The molecule has 6 nitrogen and oxygen atoms in total. The molecule has 0 spiro atoms. The van der Waals surface area contributed by atoms with Crippen LogP contribution in [0.15, 0.2) is 71.4 Å². The normalized spacial score (nSPS) is 23.1. The molecule has 0 bridgehead atoms. The van der Waals surface area contributed by atoms with Crippen LogP contribution >= 0.6 is 0 Å². The molecule has 2 saturated heterocycles. The largest absolute Gasteiger partial charge is 0.455 e. The van der Waals surface area contributed by atoms with Crippen molar-refractivity contribution in [3.05, 3.63) is 89.6 Å². The van der Waals surface area contributed by atoms with Crippen LogP contribution in [0.4, 0.5) is 0 Å². The van der Waals surface area contributed by atoms with Crippen molar-refractivity contribution in [3.63, 3.8) is 0 Å². The van der Waals surface area contributed by atoms with Crippen LogP contribution in [0.1, 0.15) is 39.8 Å². The van der Waals surface area contributed by atoms with Gasteiger partial charge in [0.05, 0.1) is 6.54 Å². The smallest absolute Gasteiger partial charge is 0.289 e. The van der Waals surface area contributed by atoms with E-state index in [0.717, 1.165) is 38.4 Å². The number of pyridine rings is 1. The van der Waals surface area contributed by atoms with Crippen LogP contribution in [-0.2, 0) is 13.1 Å². The van der Waals surface area contributed by atoms with E-state index in [4.69, 9.17) is 4.42 Å². The summed E-state index contributed by atoms with van der Waals surface area (Å²) in [6, 6.07) is 19.1. The van der Waals surface area contributed by atoms with Crippen molar-refractivity contribution < 1.29 is 9.21 Å². The van der Waals surface area contributed by atoms with Gasteiger partial charge in [0.15, 0.2) is 5.76 Å². The van der Waals surface area contributed by atoms with Gasteiger partial charge in [-0.15, -0.1) is 0 Å². The second-order valence-corrected chi connectivity index (χ2v) is 9.58. The molecule has 2 fully saturated rings. The molecule has 2 aliphatic rings. The summed E-state index contributed by atoms with van der Waals surface area (Å²) in [5, 5.41) is 0. The molecule has 172 valence electrons. The van der Waals surface area contributed by atoms with Crippen molar-refractivity contribution in [2.24, 2.45) is 5.92 Å². The summed E-state index contributed by atoms with van der Waals surface area (Å²) in [6.45, 7) is 4.13. The SMILES string of the molecule is CN(C)Cc1ccc(C(=O)N2CC[C@@H]3[C@H](C2)[C@@H](c2cccnc2)CN3Cc2ccccc2)o1. The van der Waals surface area contributed by atoms with Gasteiger partial charge in [-0.3, -0.25) is 14.7 Å². The van der Waals surface area contributed by atoms with Gasteiger partial charge < -0.3 is 14.2 Å². The number of hydrogen-bond acceptors (Lipinski definition) is 5. The van der Waals surface area contributed by atoms with Gasteiger partial charge in [0.1, 0.15) is 5.76 Å². The molecule has 3 aromatic rings. The lowest BCUT2D eigenvalue weighted by Gasteiger charge is -2.38. The molecule has 0 aliphatic carbocycles. The fourth-order valence-electron chi connectivity index (χ4n) is 5.52. The first-order valence-electron chi connectivity index (χ1n) is 11.8. The predicted molar refractivity (Wildman–Crippen MR) is 128 cm³/mol. The number of fused-ring (bicyclic) bond motifs is 1. The third kappa shape index (κ3) is 4.72. The van der Waals surface area contributed by atoms with Crippen LogP contribution in [0.2, 0.25) is 0 Å². The van der Waals surface area contributed by atoms with Crippen molar-refractivity contribution in [1.29, 1.82) is 0 Å². The highest BCUT2D eigenvalue weighted by Crippen LogP contribution is 2.42. The first-order valence-corrected chi connectivity index (χ1v) is 11.8. The monoisotopic (exact) mass is 444 g/mol. The number of rotatable bonds is 6. The minimum Gasteiger partial charge on any atom is -0.455 e. The summed E-state index contributed by atoms with van der Waals surface area (Å²) < 4.78 is 5.88. The van der Waals surface area contributed by atoms with Gasteiger partial charge >= 0.3 is 0 Å². The van der Waals surface area contributed by atoms with E-state index in [2.05, 4.69) is 46.3 Å². The molecule has 3 atom stereocenters. The number of likely N-dealkylation sites (tertiary alicyclic amines) is 2. The first-order chi connectivity index (χ1) is 16.1. The molecule has 33 heavy (non-hydrogen) atoms. The topological polar surface area (TPSA) is 52.8 Å². The Morgan fingerprint density at radius 1 is 1.09 bits per heavy atom. The lowest BCUT2D eigenvalue weighted by atomic mass is 9.82. The average molecular weight is 445 g/mol. The maximum Gasteiger partial charge on any atom is 0.289 e. The molecule has 4 heterocycles. The Labute approximate surface area is 195 Å². The molecule has 0 unspecified atom stereocenters. The summed E-state index contributed by atoms with van der Waals surface area (Å²) in [4.78, 5) is 24.3. The number of piperidine rings is 1. The molecular weight excluding hydrogens is 412 g/mol. The van der Waals surface area contributed by atoms with Crippen molar-refractivity contribution in [2.45, 2.75) is 31.5 Å². The molecule has 5 rings (SSSR count). The molecule has 2 aliphatic heterocycles. The summed E-state index contributed by atoms with van der Waals surface area (Å²) in [6.07, 6.45) is 4.80. The molecule has 1 amide bonds. The average Bonchev–Trinajstić information content (AvgIpc) is 3.44. The number of hydrogen-bond donors (Lipinski definition) is 0. The van der Waals surface area contributed by atoms with Crippen LogP contribution in [-0.4, -0.2) is 65.4 Å². The maximum absolute atomic E-state index is 13.3. The lowest BCUT2D eigenvalue weighted by molar-refractivity contribution is 0.0551. The third-order valence-electron chi connectivity index (χ3n) is 7.01. The van der Waals surface area contributed by atoms with E-state index in [-0.39, 0.29) is 5.91 Å². The van der Waals surface area contributed by atoms with Gasteiger partial charge in [-0.05, 0) is 49.8 Å². The Morgan fingerprint density at radius 2 is 1.94 bits per heavy atom. The summed E-state index contributed by atoms with van der Waals surface area (Å²) in [7, 11) is 3.99. The molecule has 2 aromatic heterocycles. The van der Waals surface area contributed by atoms with Crippen LogP contribution in [0.5, 0.6) is 0 Å². The molecule has 0 N–H and O–H groups in total. The van der Waals surface area contributed by atoms with Crippen LogP contribution in [0, 0.1) is 5.92 Å². The van der Waals surface area contributed by atoms with Crippen LogP contribution in [0.3, 0.4) is 0 Å². The quantitative estimate of drug-likeness (QED) is 0.578. The summed E-state index contributed by atoms with van der Waals surface area (Å²) in [5.41, 5.74) is 2.61. The number of aromatic nitrogens is 1. The Morgan fingerprint density at radius 3 is 2.70 bits per heavy atom. The first kappa shape index (κ1) is 21.9. The predicted octanol–water partition coefficient (Wildman–Crippen LogP) is 3.87. The number of carbonyl (C=O) groups excluding carboxylic acids is 1. The summed E-state index contributed by atoms with van der Waals surface area (Å²) >= 11 is 0. The van der Waals surface area contributed by atoms with Gasteiger partial charge in [0, 0.05) is 56.5 Å². The van der Waals surface area contributed by atoms with E-state index in [1.54, 1.807) is 0 Å². The van der Waals surface area contributed by atoms with E-state index in [1.165, 1.54) is 11.1 Å². The van der Waals surface area contributed by atoms with Crippen molar-refractivity contribution >= 4 is 5.91 Å². The van der Waals surface area contributed by atoms with Crippen molar-refractivity contribution in [3.8, 4) is 0 Å². The fraction of sp³-hybridized carbons (Fsp3) is 0.407. The van der Waals surface area contributed by atoms with Gasteiger partial charge in [-0.2, -0.15) is 0 Å². The van der Waals surface area contributed by atoms with E-state index >= 15 is 0 Å². The van der Waals surface area contributed by atoms with E-state index in [1.807, 2.05) is 54.5 Å². The van der Waals surface area contributed by atoms with E-state index < -0.39 is 0 Å². The van der Waals surface area contributed by atoms with Crippen molar-refractivity contribution in [2.75, 3.05) is 33.7 Å². The number of benzene rings is 1. The molecule has 0 saturated carbocycles. The molecule has 1 aromatic carbocycles. The van der Waals surface area contributed by atoms with Crippen molar-refractivity contribution in [1.82, 2.24) is 19.7 Å². The number of nitrogens with zero attached hydrogens (tertiary/aromatic N) is 4. The minimum absolute atomic E-state index is 0.00454. The summed E-state index contributed by atoms with van der Waals surface area (Å²) in [5.74, 6) is 2.02. The maximum atomic E-state index is 13.3. The zero-order valence-electron chi connectivity index (χ0n) is 19.4. The van der Waals surface area contributed by atoms with Gasteiger partial charge in [0.2, 0.25) is 0 Å². The third-order valence-corrected chi connectivity index (χ3v) is 7.01. The van der Waals surface area contributed by atoms with E-state index in [0.29, 0.717) is 30.2 Å². The zero-order valence-corrected chi connectivity index (χ0v) is 19.4. The highest BCUT2D eigenvalue weighted by Gasteiger charge is 2.46. The Kier molecular flexibility index (Phi) is 6.29. The van der Waals surface area contributed by atoms with Gasteiger partial charge in [-0.1, -0.05) is 36.4 Å². The van der Waals surface area contributed by atoms with E-state index in [9.17, 15) is 4.79 Å². The molecule has 6 heteroatoms. The lowest BCUT2D eigenvalue weighted by Crippen LogP contribution is -2.48. The highest BCUT2D eigenvalue weighted by molar-refractivity contribution is 5.91. The Balaban J connectivity index is 1.35. The number of furan rings is 1. The van der Waals surface area contributed by atoms with Crippen LogP contribution < -0.4 is 0 Å². The number of carbonyl (C=O) groups is 1. The number of amides is 1. The second-order valence-electron chi connectivity index (χ2n) is 9.58. The highest BCUT2D eigenvalue weighted by atomic mass is 16.4. The standard InChI is InChI=1S/C27H32N4O2/c1-29(2)17-22-10-11-26(33-22)27(32)30-14-12-25-24(19-30)23(21-9-6-13-28-15-21)18-31(25)16-20-7-4-3-5-8-20/h3-11,13,15,23-25H,12,14,16-19H2,1-2H3/t23-,24-,25-/m1/s1. The Hall–Kier alpha value is -2.96.